The molecular formula is C11H16F3N5O2. The van der Waals surface area contributed by atoms with Crippen LogP contribution in [0, 0.1) is 0 Å². The minimum Gasteiger partial charge on any atom is -0.345 e. The molecule has 0 radical (unpaired) electrons. The van der Waals surface area contributed by atoms with E-state index in [2.05, 4.69) is 15.7 Å². The van der Waals surface area contributed by atoms with Gasteiger partial charge in [-0.2, -0.15) is 18.3 Å². The van der Waals surface area contributed by atoms with E-state index < -0.39 is 31.2 Å². The van der Waals surface area contributed by atoms with Crippen LogP contribution in [-0.2, 0) is 11.3 Å². The maximum absolute atomic E-state index is 11.9. The Hall–Kier alpha value is -2.26. The monoisotopic (exact) mass is 307 g/mol. The molecule has 10 heteroatoms. The third-order valence-corrected chi connectivity index (χ3v) is 2.29. The largest absolute Gasteiger partial charge is 0.405 e. The van der Waals surface area contributed by atoms with Gasteiger partial charge in [0, 0.05) is 12.6 Å². The van der Waals surface area contributed by atoms with E-state index in [-0.39, 0.29) is 0 Å². The van der Waals surface area contributed by atoms with Crippen molar-refractivity contribution in [1.29, 1.82) is 0 Å². The number of hydrogen-bond donors (Lipinski definition) is 3. The summed E-state index contributed by atoms with van der Waals surface area (Å²) in [6, 6.07) is 0.869. The number of urea groups is 1. The molecule has 3 N–H and O–H groups in total. The van der Waals surface area contributed by atoms with Gasteiger partial charge in [0.15, 0.2) is 0 Å². The zero-order valence-electron chi connectivity index (χ0n) is 11.3. The van der Waals surface area contributed by atoms with E-state index in [0.717, 1.165) is 6.42 Å². The van der Waals surface area contributed by atoms with Crippen LogP contribution in [0.4, 0.5) is 23.8 Å². The van der Waals surface area contributed by atoms with Gasteiger partial charge in [-0.3, -0.25) is 10.1 Å². The van der Waals surface area contributed by atoms with Crippen molar-refractivity contribution in [3.63, 3.8) is 0 Å². The number of aromatic nitrogens is 2. The number of anilines is 1. The summed E-state index contributed by atoms with van der Waals surface area (Å²) >= 11 is 0. The summed E-state index contributed by atoms with van der Waals surface area (Å²) in [5.74, 6) is -0.491. The number of alkyl halides is 3. The van der Waals surface area contributed by atoms with Crippen LogP contribution in [0.1, 0.15) is 13.3 Å². The topological polar surface area (TPSA) is 88.1 Å². The molecule has 0 spiro atoms. The van der Waals surface area contributed by atoms with E-state index in [0.29, 0.717) is 12.4 Å². The summed E-state index contributed by atoms with van der Waals surface area (Å²) in [7, 11) is 0. The minimum atomic E-state index is -4.48. The quantitative estimate of drug-likeness (QED) is 0.735. The Balaban J connectivity index is 2.34. The Bertz CT molecular complexity index is 486. The lowest BCUT2D eigenvalue weighted by molar-refractivity contribution is -0.137. The molecule has 0 aliphatic carbocycles. The summed E-state index contributed by atoms with van der Waals surface area (Å²) in [6.07, 6.45) is -2.16. The minimum absolute atomic E-state index is 0.435. The van der Waals surface area contributed by atoms with Crippen LogP contribution >= 0.6 is 0 Å². The Morgan fingerprint density at radius 2 is 2.05 bits per heavy atom. The Labute approximate surface area is 118 Å². The second kappa shape index (κ2) is 7.50. The molecule has 21 heavy (non-hydrogen) atoms. The number of aryl methyl sites for hydroxylation is 1. The number of halogens is 3. The molecule has 0 atom stereocenters. The fraction of sp³-hybridized carbons (Fsp3) is 0.545. The van der Waals surface area contributed by atoms with Crippen LogP contribution in [0.25, 0.3) is 0 Å². The lowest BCUT2D eigenvalue weighted by atomic mass is 10.5. The van der Waals surface area contributed by atoms with Crippen molar-refractivity contribution in [2.45, 2.75) is 26.1 Å². The number of amides is 3. The molecule has 0 aromatic carbocycles. The number of carbonyl (C=O) groups is 2. The second-order valence-electron chi connectivity index (χ2n) is 4.14. The Kier molecular flexibility index (Phi) is 6.00. The fourth-order valence-corrected chi connectivity index (χ4v) is 1.41. The van der Waals surface area contributed by atoms with E-state index in [9.17, 15) is 22.8 Å². The van der Waals surface area contributed by atoms with Crippen LogP contribution in [0.15, 0.2) is 12.3 Å². The molecule has 0 saturated carbocycles. The Morgan fingerprint density at radius 3 is 2.67 bits per heavy atom. The average Bonchev–Trinajstić information content (AvgIpc) is 2.81. The van der Waals surface area contributed by atoms with Gasteiger partial charge in [0.25, 0.3) is 0 Å². The highest BCUT2D eigenvalue weighted by atomic mass is 19.4. The predicted octanol–water partition coefficient (Wildman–Crippen LogP) is 1.09. The highest BCUT2D eigenvalue weighted by molar-refractivity contribution is 5.91. The first-order chi connectivity index (χ1) is 9.81. The second-order valence-corrected chi connectivity index (χ2v) is 4.14. The maximum Gasteiger partial charge on any atom is 0.405 e. The molecule has 1 heterocycles. The van der Waals surface area contributed by atoms with E-state index in [4.69, 9.17) is 0 Å². The van der Waals surface area contributed by atoms with Crippen molar-refractivity contribution in [2.75, 3.05) is 18.4 Å². The highest BCUT2D eigenvalue weighted by Crippen LogP contribution is 2.11. The summed E-state index contributed by atoms with van der Waals surface area (Å²) in [5, 5.41) is 10.2. The SMILES string of the molecule is CCCn1nccc1NC(=O)NCC(=O)NCC(F)(F)F. The van der Waals surface area contributed by atoms with Crippen molar-refractivity contribution >= 4 is 17.8 Å². The van der Waals surface area contributed by atoms with Gasteiger partial charge >= 0.3 is 12.2 Å². The van der Waals surface area contributed by atoms with Crippen molar-refractivity contribution in [3.05, 3.63) is 12.3 Å². The summed E-state index contributed by atoms with van der Waals surface area (Å²) < 4.78 is 37.1. The van der Waals surface area contributed by atoms with Crippen LogP contribution in [-0.4, -0.2) is 41.0 Å². The highest BCUT2D eigenvalue weighted by Gasteiger charge is 2.27. The van der Waals surface area contributed by atoms with Crippen molar-refractivity contribution in [3.8, 4) is 0 Å². The summed E-state index contributed by atoms with van der Waals surface area (Å²) in [6.45, 7) is 0.563. The van der Waals surface area contributed by atoms with Gasteiger partial charge in [-0.1, -0.05) is 6.92 Å². The molecule has 0 unspecified atom stereocenters. The molecule has 7 nitrogen and oxygen atoms in total. The predicted molar refractivity (Wildman–Crippen MR) is 68.6 cm³/mol. The lowest BCUT2D eigenvalue weighted by Crippen LogP contribution is -2.42. The van der Waals surface area contributed by atoms with Crippen LogP contribution < -0.4 is 16.0 Å². The molecule has 0 fully saturated rings. The van der Waals surface area contributed by atoms with E-state index in [1.807, 2.05) is 6.92 Å². The van der Waals surface area contributed by atoms with Crippen LogP contribution in [0.5, 0.6) is 0 Å². The van der Waals surface area contributed by atoms with Gasteiger partial charge in [0.1, 0.15) is 12.4 Å². The van der Waals surface area contributed by atoms with E-state index in [1.54, 1.807) is 16.1 Å². The molecule has 0 bridgehead atoms. The fourth-order valence-electron chi connectivity index (χ4n) is 1.41. The van der Waals surface area contributed by atoms with Gasteiger partial charge < -0.3 is 10.6 Å². The molecule has 0 saturated heterocycles. The number of hydrogen-bond acceptors (Lipinski definition) is 3. The molecular weight excluding hydrogens is 291 g/mol. The van der Waals surface area contributed by atoms with Gasteiger partial charge in [-0.05, 0) is 6.42 Å². The first-order valence-corrected chi connectivity index (χ1v) is 6.22. The third-order valence-electron chi connectivity index (χ3n) is 2.29. The smallest absolute Gasteiger partial charge is 0.345 e. The first kappa shape index (κ1) is 16.8. The zero-order valence-corrected chi connectivity index (χ0v) is 11.3. The molecule has 118 valence electrons. The maximum atomic E-state index is 11.9. The number of nitrogens with zero attached hydrogens (tertiary/aromatic N) is 2. The zero-order chi connectivity index (χ0) is 15.9. The number of rotatable bonds is 6. The van der Waals surface area contributed by atoms with Gasteiger partial charge in [-0.25, -0.2) is 9.48 Å². The van der Waals surface area contributed by atoms with Gasteiger partial charge in [-0.15, -0.1) is 0 Å². The normalized spacial score (nSPS) is 11.0. The lowest BCUT2D eigenvalue weighted by Gasteiger charge is -2.10. The van der Waals surface area contributed by atoms with E-state index >= 15 is 0 Å². The van der Waals surface area contributed by atoms with Crippen LogP contribution in [0.3, 0.4) is 0 Å². The molecule has 1 aromatic rings. The Morgan fingerprint density at radius 1 is 1.33 bits per heavy atom. The van der Waals surface area contributed by atoms with Gasteiger partial charge in [0.2, 0.25) is 5.91 Å². The molecule has 0 aliphatic heterocycles. The molecule has 3 amide bonds. The van der Waals surface area contributed by atoms with Crippen molar-refractivity contribution in [2.24, 2.45) is 0 Å². The standard InChI is InChI=1S/C11H16F3N5O2/c1-2-5-19-8(3-4-17-19)18-10(21)15-6-9(20)16-7-11(12,13)14/h3-4H,2,5-7H2,1H3,(H,16,20)(H2,15,18,21). The average molecular weight is 307 g/mol. The number of nitrogens with one attached hydrogen (secondary N) is 3. The third kappa shape index (κ3) is 6.63. The van der Waals surface area contributed by atoms with Crippen molar-refractivity contribution in [1.82, 2.24) is 20.4 Å². The molecule has 1 aromatic heterocycles. The van der Waals surface area contributed by atoms with E-state index in [1.165, 1.54) is 6.20 Å². The summed E-state index contributed by atoms with van der Waals surface area (Å²) in [4.78, 5) is 22.6. The summed E-state index contributed by atoms with van der Waals surface area (Å²) in [5.41, 5.74) is 0. The van der Waals surface area contributed by atoms with Crippen molar-refractivity contribution < 1.29 is 22.8 Å². The van der Waals surface area contributed by atoms with Crippen LogP contribution in [0.2, 0.25) is 0 Å². The number of carbonyl (C=O) groups excluding carboxylic acids is 2. The molecule has 0 aliphatic rings. The molecule has 1 rings (SSSR count). The first-order valence-electron chi connectivity index (χ1n) is 6.22. The van der Waals surface area contributed by atoms with Gasteiger partial charge in [0.05, 0.1) is 12.7 Å².